The van der Waals surface area contributed by atoms with Gasteiger partial charge in [-0.15, -0.1) is 0 Å². The molecule has 1 aromatic carbocycles. The van der Waals surface area contributed by atoms with Crippen molar-refractivity contribution in [3.05, 3.63) is 65.9 Å². The van der Waals surface area contributed by atoms with E-state index in [1.54, 1.807) is 10.6 Å². The van der Waals surface area contributed by atoms with E-state index in [1.165, 1.54) is 7.11 Å². The molecule has 4 heterocycles. The number of amides is 1. The van der Waals surface area contributed by atoms with Gasteiger partial charge in [-0.3, -0.25) is 18.9 Å². The Balaban J connectivity index is 0.000000636. The lowest BCUT2D eigenvalue weighted by molar-refractivity contribution is -0.126. The van der Waals surface area contributed by atoms with E-state index in [9.17, 15) is 4.79 Å². The van der Waals surface area contributed by atoms with Crippen molar-refractivity contribution in [1.29, 1.82) is 0 Å². The van der Waals surface area contributed by atoms with Crippen molar-refractivity contribution in [2.24, 2.45) is 0 Å². The summed E-state index contributed by atoms with van der Waals surface area (Å²) in [7, 11) is 3.38. The fourth-order valence-corrected chi connectivity index (χ4v) is 3.89. The van der Waals surface area contributed by atoms with Crippen molar-refractivity contribution in [1.82, 2.24) is 24.4 Å². The average Bonchev–Trinajstić information content (AvgIpc) is 3.60. The molecular formula is C24H26N6O4. The normalized spacial score (nSPS) is 15.6. The Kier molecular flexibility index (Phi) is 6.98. The molecule has 1 atom stereocenters. The molecule has 5 rings (SSSR count). The number of aromatic nitrogens is 4. The number of nitrogens with zero attached hydrogens (tertiary/aromatic N) is 5. The first-order valence-electron chi connectivity index (χ1n) is 10.9. The highest BCUT2D eigenvalue weighted by Crippen LogP contribution is 2.31. The van der Waals surface area contributed by atoms with Crippen LogP contribution in [0.15, 0.2) is 53.3 Å². The van der Waals surface area contributed by atoms with Gasteiger partial charge in [-0.1, -0.05) is 23.4 Å². The maximum absolute atomic E-state index is 12.9. The summed E-state index contributed by atoms with van der Waals surface area (Å²) < 4.78 is 11.2. The van der Waals surface area contributed by atoms with Gasteiger partial charge >= 0.3 is 0 Å². The quantitative estimate of drug-likeness (QED) is 0.448. The maximum atomic E-state index is 12.9. The number of nitrogens with one attached hydrogen (secondary N) is 1. The molecule has 0 radical (unpaired) electrons. The van der Waals surface area contributed by atoms with Crippen molar-refractivity contribution in [3.8, 4) is 11.4 Å². The number of fused-ring (bicyclic) bond motifs is 1. The number of pyridine rings is 1. The minimum atomic E-state index is -0.227. The SMILES string of the molecule is COC=O.Cc1ccc(-c2noc(C3CCCN3C)n2)cc1NC(=O)c1cnc2ccccn12. The minimum Gasteiger partial charge on any atom is -0.471 e. The van der Waals surface area contributed by atoms with Gasteiger partial charge in [0.05, 0.1) is 19.3 Å². The summed E-state index contributed by atoms with van der Waals surface area (Å²) in [5, 5.41) is 7.16. The molecule has 1 fully saturated rings. The first-order valence-corrected chi connectivity index (χ1v) is 10.9. The number of methoxy groups -OCH3 is 1. The molecule has 1 unspecified atom stereocenters. The number of anilines is 1. The van der Waals surface area contributed by atoms with Gasteiger partial charge in [0.25, 0.3) is 12.4 Å². The lowest BCUT2D eigenvalue weighted by Gasteiger charge is -2.14. The second kappa shape index (κ2) is 10.3. The number of imidazole rings is 1. The van der Waals surface area contributed by atoms with Crippen LogP contribution in [0, 0.1) is 6.92 Å². The molecule has 10 heteroatoms. The molecule has 1 aliphatic rings. The summed E-state index contributed by atoms with van der Waals surface area (Å²) in [5.74, 6) is 0.938. The van der Waals surface area contributed by atoms with Crippen molar-refractivity contribution >= 4 is 23.7 Å². The zero-order chi connectivity index (χ0) is 24.1. The van der Waals surface area contributed by atoms with Crippen molar-refractivity contribution in [3.63, 3.8) is 0 Å². The average molecular weight is 463 g/mol. The predicted octanol–water partition coefficient (Wildman–Crippen LogP) is 3.50. The number of aryl methyl sites for hydroxylation is 1. The van der Waals surface area contributed by atoms with Crippen LogP contribution < -0.4 is 5.32 Å². The Morgan fingerprint density at radius 1 is 1.29 bits per heavy atom. The van der Waals surface area contributed by atoms with Crippen molar-refractivity contribution in [2.45, 2.75) is 25.8 Å². The lowest BCUT2D eigenvalue weighted by atomic mass is 10.1. The molecule has 1 saturated heterocycles. The van der Waals surface area contributed by atoms with Gasteiger partial charge in [0.15, 0.2) is 0 Å². The zero-order valence-electron chi connectivity index (χ0n) is 19.3. The summed E-state index contributed by atoms with van der Waals surface area (Å²) in [6.45, 7) is 3.36. The summed E-state index contributed by atoms with van der Waals surface area (Å²) in [5.41, 5.74) is 3.64. The topological polar surface area (TPSA) is 115 Å². The number of carbonyl (C=O) groups excluding carboxylic acids is 2. The number of ether oxygens (including phenoxy) is 1. The zero-order valence-corrected chi connectivity index (χ0v) is 19.3. The van der Waals surface area contributed by atoms with E-state index < -0.39 is 0 Å². The maximum Gasteiger partial charge on any atom is 0.292 e. The number of likely N-dealkylation sites (tertiary alicyclic amines) is 1. The standard InChI is InChI=1S/C22H22N6O2.C2H4O2/c1-14-8-9-15(20-25-22(30-26-20)17-6-5-10-27(17)2)12-16(14)24-21(29)18-13-23-19-7-3-4-11-28(18)19;1-4-2-3/h3-4,7-9,11-13,17H,5-6,10H2,1-2H3,(H,24,29);2H,1H3. The third kappa shape index (κ3) is 4.81. The molecule has 1 amide bonds. The highest BCUT2D eigenvalue weighted by molar-refractivity contribution is 6.04. The van der Waals surface area contributed by atoms with Crippen LogP contribution in [0.5, 0.6) is 0 Å². The largest absolute Gasteiger partial charge is 0.471 e. The van der Waals surface area contributed by atoms with Gasteiger partial charge < -0.3 is 14.6 Å². The van der Waals surface area contributed by atoms with Crippen molar-refractivity contribution in [2.75, 3.05) is 26.0 Å². The summed E-state index contributed by atoms with van der Waals surface area (Å²) in [6, 6.07) is 11.5. The molecule has 0 aliphatic carbocycles. The Morgan fingerprint density at radius 3 is 2.85 bits per heavy atom. The van der Waals surface area contributed by atoms with Gasteiger partial charge in [0, 0.05) is 17.4 Å². The number of benzene rings is 1. The van der Waals surface area contributed by atoms with Crippen LogP contribution in [0.4, 0.5) is 5.69 Å². The van der Waals surface area contributed by atoms with E-state index in [0.717, 1.165) is 36.2 Å². The molecule has 0 saturated carbocycles. The minimum absolute atomic E-state index is 0.172. The first-order chi connectivity index (χ1) is 16.5. The van der Waals surface area contributed by atoms with E-state index in [1.807, 2.05) is 49.5 Å². The highest BCUT2D eigenvalue weighted by Gasteiger charge is 2.28. The third-order valence-corrected chi connectivity index (χ3v) is 5.74. The highest BCUT2D eigenvalue weighted by atomic mass is 16.5. The Bertz CT molecular complexity index is 1300. The van der Waals surface area contributed by atoms with Crippen LogP contribution in [0.2, 0.25) is 0 Å². The summed E-state index contributed by atoms with van der Waals surface area (Å²) in [4.78, 5) is 32.9. The third-order valence-electron chi connectivity index (χ3n) is 5.74. The second-order valence-electron chi connectivity index (χ2n) is 7.98. The summed E-state index contributed by atoms with van der Waals surface area (Å²) in [6.07, 6.45) is 5.55. The second-order valence-corrected chi connectivity index (χ2v) is 7.98. The van der Waals surface area contributed by atoms with Gasteiger partial charge in [0.1, 0.15) is 11.3 Å². The Labute approximate surface area is 196 Å². The molecule has 1 N–H and O–H groups in total. The van der Waals surface area contributed by atoms with E-state index in [4.69, 9.17) is 9.32 Å². The predicted molar refractivity (Wildman–Crippen MR) is 125 cm³/mol. The van der Waals surface area contributed by atoms with Crippen LogP contribution in [0.25, 0.3) is 17.0 Å². The Hall–Kier alpha value is -4.05. The fourth-order valence-electron chi connectivity index (χ4n) is 3.89. The Morgan fingerprint density at radius 2 is 2.12 bits per heavy atom. The summed E-state index contributed by atoms with van der Waals surface area (Å²) >= 11 is 0. The molecule has 176 valence electrons. The molecule has 3 aromatic heterocycles. The molecule has 1 aliphatic heterocycles. The molecular weight excluding hydrogens is 436 g/mol. The van der Waals surface area contributed by atoms with Gasteiger partial charge in [-0.05, 0) is 57.1 Å². The molecule has 34 heavy (non-hydrogen) atoms. The van der Waals surface area contributed by atoms with Crippen LogP contribution in [0.1, 0.15) is 40.8 Å². The fraction of sp³-hybridized carbons (Fsp3) is 0.292. The van der Waals surface area contributed by atoms with E-state index in [2.05, 4.69) is 37.1 Å². The smallest absolute Gasteiger partial charge is 0.292 e. The van der Waals surface area contributed by atoms with E-state index >= 15 is 0 Å². The van der Waals surface area contributed by atoms with E-state index in [0.29, 0.717) is 29.6 Å². The van der Waals surface area contributed by atoms with Crippen LogP contribution in [-0.2, 0) is 9.53 Å². The van der Waals surface area contributed by atoms with E-state index in [-0.39, 0.29) is 11.9 Å². The van der Waals surface area contributed by atoms with Crippen LogP contribution >= 0.6 is 0 Å². The molecule has 4 aromatic rings. The van der Waals surface area contributed by atoms with Crippen molar-refractivity contribution < 1.29 is 18.8 Å². The number of hydrogen-bond donors (Lipinski definition) is 1. The number of hydrogen-bond acceptors (Lipinski definition) is 8. The van der Waals surface area contributed by atoms with Crippen LogP contribution in [-0.4, -0.2) is 57.5 Å². The number of carbonyl (C=O) groups is 2. The molecule has 0 bridgehead atoms. The van der Waals surface area contributed by atoms with Gasteiger partial charge in [-0.2, -0.15) is 4.98 Å². The first kappa shape index (κ1) is 23.1. The van der Waals surface area contributed by atoms with Crippen LogP contribution in [0.3, 0.4) is 0 Å². The monoisotopic (exact) mass is 462 g/mol. The molecule has 0 spiro atoms. The number of rotatable bonds is 5. The van der Waals surface area contributed by atoms with Gasteiger partial charge in [-0.25, -0.2) is 4.98 Å². The molecule has 10 nitrogen and oxygen atoms in total. The lowest BCUT2D eigenvalue weighted by Crippen LogP contribution is -2.17. The van der Waals surface area contributed by atoms with Gasteiger partial charge in [0.2, 0.25) is 11.7 Å².